The highest BCUT2D eigenvalue weighted by atomic mass is 32.2. The Balaban J connectivity index is 2.18. The van der Waals surface area contributed by atoms with Gasteiger partial charge in [-0.05, 0) is 25.0 Å². The Morgan fingerprint density at radius 1 is 1.35 bits per heavy atom. The number of Topliss-reactive ketones (excluding diaryl/α,β-unsaturated/α-hetero) is 1. The van der Waals surface area contributed by atoms with Crippen LogP contribution >= 0.6 is 24.0 Å². The summed E-state index contributed by atoms with van der Waals surface area (Å²) in [5.74, 6) is -0.123. The molecule has 2 aliphatic rings. The molecule has 0 spiro atoms. The summed E-state index contributed by atoms with van der Waals surface area (Å²) in [5, 5.41) is 0. The molecule has 1 aromatic carbocycles. The molecular formula is C15H13NO2S2. The molecule has 0 bridgehead atoms. The van der Waals surface area contributed by atoms with Gasteiger partial charge >= 0.3 is 0 Å². The first kappa shape index (κ1) is 13.5. The van der Waals surface area contributed by atoms with Crippen molar-refractivity contribution in [1.82, 2.24) is 4.90 Å². The fourth-order valence-corrected chi connectivity index (χ4v) is 4.04. The van der Waals surface area contributed by atoms with Crippen LogP contribution in [0.25, 0.3) is 5.57 Å². The number of hydrogen-bond donors (Lipinski definition) is 0. The number of ketones is 1. The van der Waals surface area contributed by atoms with Crippen LogP contribution in [0.4, 0.5) is 0 Å². The monoisotopic (exact) mass is 303 g/mol. The first-order valence-electron chi connectivity index (χ1n) is 6.44. The predicted octanol–water partition coefficient (Wildman–Crippen LogP) is 2.71. The lowest BCUT2D eigenvalue weighted by molar-refractivity contribution is -0.122. The van der Waals surface area contributed by atoms with Gasteiger partial charge in [-0.15, -0.1) is 0 Å². The van der Waals surface area contributed by atoms with Crippen LogP contribution in [0.15, 0.2) is 23.1 Å². The van der Waals surface area contributed by atoms with Crippen molar-refractivity contribution in [3.8, 4) is 0 Å². The second-order valence-electron chi connectivity index (χ2n) is 4.88. The minimum absolute atomic E-state index is 0.0159. The van der Waals surface area contributed by atoms with E-state index < -0.39 is 0 Å². The van der Waals surface area contributed by atoms with Gasteiger partial charge < -0.3 is 0 Å². The minimum Gasteiger partial charge on any atom is -0.294 e. The van der Waals surface area contributed by atoms with E-state index in [4.69, 9.17) is 12.2 Å². The third-order valence-electron chi connectivity index (χ3n) is 3.56. The van der Waals surface area contributed by atoms with Crippen LogP contribution in [-0.2, 0) is 16.0 Å². The zero-order valence-electron chi connectivity index (χ0n) is 11.2. The highest BCUT2D eigenvalue weighted by Crippen LogP contribution is 2.41. The molecule has 1 amide bonds. The number of thiocarbonyl (C=S) groups is 1. The van der Waals surface area contributed by atoms with Crippen LogP contribution in [-0.4, -0.2) is 27.5 Å². The maximum Gasteiger partial charge on any atom is 0.266 e. The first-order chi connectivity index (χ1) is 9.52. The Kier molecular flexibility index (Phi) is 3.26. The van der Waals surface area contributed by atoms with E-state index >= 15 is 0 Å². The van der Waals surface area contributed by atoms with Crippen molar-refractivity contribution in [3.05, 3.63) is 39.8 Å². The van der Waals surface area contributed by atoms with Gasteiger partial charge in [0.25, 0.3) is 5.91 Å². The summed E-state index contributed by atoms with van der Waals surface area (Å²) < 4.78 is 0.536. The highest BCUT2D eigenvalue weighted by Gasteiger charge is 2.38. The molecule has 3 nitrogen and oxygen atoms in total. The van der Waals surface area contributed by atoms with Crippen LogP contribution in [0.3, 0.4) is 0 Å². The number of nitrogens with zero attached hydrogens (tertiary/aromatic N) is 1. The molecule has 1 aromatic rings. The van der Waals surface area contributed by atoms with Crippen molar-refractivity contribution in [3.63, 3.8) is 0 Å². The van der Waals surface area contributed by atoms with Gasteiger partial charge in [0, 0.05) is 18.5 Å². The average molecular weight is 303 g/mol. The van der Waals surface area contributed by atoms with Crippen molar-refractivity contribution in [1.29, 1.82) is 0 Å². The zero-order valence-corrected chi connectivity index (χ0v) is 12.9. The number of carbonyl (C=O) groups is 2. The third kappa shape index (κ3) is 1.93. The molecule has 0 atom stereocenters. The summed E-state index contributed by atoms with van der Waals surface area (Å²) in [5.41, 5.74) is 3.53. The second kappa shape index (κ2) is 4.82. The van der Waals surface area contributed by atoms with E-state index in [1.54, 1.807) is 4.90 Å². The zero-order chi connectivity index (χ0) is 14.4. The maximum absolute atomic E-state index is 12.4. The quantitative estimate of drug-likeness (QED) is 0.590. The van der Waals surface area contributed by atoms with Crippen LogP contribution in [0.5, 0.6) is 0 Å². The van der Waals surface area contributed by atoms with Gasteiger partial charge in [-0.2, -0.15) is 0 Å². The summed E-state index contributed by atoms with van der Waals surface area (Å²) in [7, 11) is 0. The van der Waals surface area contributed by atoms with E-state index in [-0.39, 0.29) is 11.7 Å². The van der Waals surface area contributed by atoms with Gasteiger partial charge in [0.1, 0.15) is 4.32 Å². The Morgan fingerprint density at radius 3 is 2.75 bits per heavy atom. The van der Waals surface area contributed by atoms with Crippen molar-refractivity contribution < 1.29 is 9.59 Å². The Hall–Kier alpha value is -1.46. The van der Waals surface area contributed by atoms with Crippen molar-refractivity contribution in [2.75, 3.05) is 6.54 Å². The summed E-state index contributed by atoms with van der Waals surface area (Å²) in [6, 6.07) is 5.94. The van der Waals surface area contributed by atoms with Gasteiger partial charge in [-0.1, -0.05) is 47.7 Å². The third-order valence-corrected chi connectivity index (χ3v) is 5.01. The standard InChI is InChI=1S/C15H13NO2S2/c1-3-16-14(18)13(20-15(16)19)12-10-6-8(2)4-5-9(10)7-11(12)17/h4-6H,3,7H2,1-2H3/b13-12-. The summed E-state index contributed by atoms with van der Waals surface area (Å²) in [4.78, 5) is 26.7. The number of thioether (sulfide) groups is 1. The molecular weight excluding hydrogens is 290 g/mol. The fourth-order valence-electron chi connectivity index (χ4n) is 2.56. The molecule has 1 fully saturated rings. The minimum atomic E-state index is -0.139. The molecule has 0 N–H and O–H groups in total. The molecule has 0 aromatic heterocycles. The van der Waals surface area contributed by atoms with Gasteiger partial charge in [0.15, 0.2) is 5.78 Å². The van der Waals surface area contributed by atoms with E-state index in [0.29, 0.717) is 27.8 Å². The highest BCUT2D eigenvalue weighted by molar-refractivity contribution is 8.26. The summed E-state index contributed by atoms with van der Waals surface area (Å²) >= 11 is 6.46. The van der Waals surface area contributed by atoms with E-state index in [2.05, 4.69) is 0 Å². The van der Waals surface area contributed by atoms with E-state index in [9.17, 15) is 9.59 Å². The number of benzene rings is 1. The van der Waals surface area contributed by atoms with Crippen molar-refractivity contribution >= 4 is 45.6 Å². The lowest BCUT2D eigenvalue weighted by atomic mass is 10.0. The Labute approximate surface area is 127 Å². The number of carbonyl (C=O) groups excluding carboxylic acids is 2. The molecule has 1 heterocycles. The largest absolute Gasteiger partial charge is 0.294 e. The second-order valence-corrected chi connectivity index (χ2v) is 6.53. The number of allylic oxidation sites excluding steroid dienone is 1. The summed E-state index contributed by atoms with van der Waals surface area (Å²) in [6.07, 6.45) is 0.376. The molecule has 20 heavy (non-hydrogen) atoms. The number of amides is 1. The molecule has 102 valence electrons. The van der Waals surface area contributed by atoms with E-state index in [0.717, 1.165) is 16.7 Å². The maximum atomic E-state index is 12.4. The smallest absolute Gasteiger partial charge is 0.266 e. The number of aryl methyl sites for hydroxylation is 1. The molecule has 1 aliphatic carbocycles. The average Bonchev–Trinajstić information content (AvgIpc) is 2.85. The molecule has 0 radical (unpaired) electrons. The number of hydrogen-bond acceptors (Lipinski definition) is 4. The Bertz CT molecular complexity index is 691. The SMILES string of the molecule is CCN1C(=O)/C(=C2/C(=O)Cc3ccc(C)cc32)SC1=S. The first-order valence-corrected chi connectivity index (χ1v) is 7.66. The number of rotatable bonds is 1. The number of fused-ring (bicyclic) bond motifs is 1. The van der Waals surface area contributed by atoms with Gasteiger partial charge in [0.05, 0.1) is 4.91 Å². The lowest BCUT2D eigenvalue weighted by Gasteiger charge is -2.10. The van der Waals surface area contributed by atoms with Crippen LogP contribution in [0.1, 0.15) is 23.6 Å². The Morgan fingerprint density at radius 2 is 2.10 bits per heavy atom. The number of likely N-dealkylation sites (N-methyl/N-ethyl adjacent to an activating group) is 1. The fraction of sp³-hybridized carbons (Fsp3) is 0.267. The van der Waals surface area contributed by atoms with Crippen LogP contribution in [0, 0.1) is 6.92 Å². The van der Waals surface area contributed by atoms with Crippen LogP contribution in [0.2, 0.25) is 0 Å². The lowest BCUT2D eigenvalue weighted by Crippen LogP contribution is -2.27. The molecule has 1 aliphatic heterocycles. The van der Waals surface area contributed by atoms with Crippen LogP contribution < -0.4 is 0 Å². The molecule has 3 rings (SSSR count). The molecule has 0 saturated carbocycles. The normalized spacial score (nSPS) is 21.9. The topological polar surface area (TPSA) is 37.4 Å². The van der Waals surface area contributed by atoms with Gasteiger partial charge in [0.2, 0.25) is 0 Å². The van der Waals surface area contributed by atoms with Crippen molar-refractivity contribution in [2.45, 2.75) is 20.3 Å². The van der Waals surface area contributed by atoms with E-state index in [1.807, 2.05) is 32.0 Å². The van der Waals surface area contributed by atoms with Gasteiger partial charge in [-0.3, -0.25) is 14.5 Å². The molecule has 1 saturated heterocycles. The van der Waals surface area contributed by atoms with E-state index in [1.165, 1.54) is 11.8 Å². The van der Waals surface area contributed by atoms with Gasteiger partial charge in [-0.25, -0.2) is 0 Å². The molecule has 0 unspecified atom stereocenters. The van der Waals surface area contributed by atoms with Crippen molar-refractivity contribution in [2.24, 2.45) is 0 Å². The summed E-state index contributed by atoms with van der Waals surface area (Å²) in [6.45, 7) is 4.40. The predicted molar refractivity (Wildman–Crippen MR) is 84.4 cm³/mol. The molecule has 5 heteroatoms.